The number of nitrogens with zero attached hydrogens (tertiary/aromatic N) is 1. The van der Waals surface area contributed by atoms with Gasteiger partial charge in [-0.05, 0) is 24.3 Å². The van der Waals surface area contributed by atoms with Crippen LogP contribution < -0.4 is 10.2 Å². The lowest BCUT2D eigenvalue weighted by Gasteiger charge is -2.30. The number of carbonyl (C=O) groups is 1. The SMILES string of the molecule is O=C(O)c1cc(NCc2ccccc2O)ccc1N1CCOCC1. The molecule has 126 valence electrons. The first-order valence-corrected chi connectivity index (χ1v) is 7.86. The summed E-state index contributed by atoms with van der Waals surface area (Å²) in [5, 5.41) is 22.5. The van der Waals surface area contributed by atoms with E-state index < -0.39 is 5.97 Å². The molecule has 1 heterocycles. The Morgan fingerprint density at radius 1 is 1.17 bits per heavy atom. The molecule has 2 aromatic rings. The summed E-state index contributed by atoms with van der Waals surface area (Å²) in [5.41, 5.74) is 2.43. The smallest absolute Gasteiger partial charge is 0.337 e. The van der Waals surface area contributed by atoms with Crippen LogP contribution in [0, 0.1) is 0 Å². The van der Waals surface area contributed by atoms with Gasteiger partial charge in [0.2, 0.25) is 0 Å². The third kappa shape index (κ3) is 3.60. The summed E-state index contributed by atoms with van der Waals surface area (Å²) in [6.45, 7) is 3.00. The predicted molar refractivity (Wildman–Crippen MR) is 91.9 cm³/mol. The molecule has 0 atom stereocenters. The average molecular weight is 328 g/mol. The molecule has 1 aliphatic heterocycles. The van der Waals surface area contributed by atoms with Crippen LogP contribution in [0.5, 0.6) is 5.75 Å². The molecule has 1 aliphatic rings. The minimum absolute atomic E-state index is 0.216. The molecule has 1 saturated heterocycles. The minimum Gasteiger partial charge on any atom is -0.508 e. The third-order valence-corrected chi connectivity index (χ3v) is 4.05. The maximum atomic E-state index is 11.6. The van der Waals surface area contributed by atoms with Crippen molar-refractivity contribution in [2.45, 2.75) is 6.54 Å². The van der Waals surface area contributed by atoms with E-state index in [4.69, 9.17) is 4.74 Å². The van der Waals surface area contributed by atoms with Gasteiger partial charge >= 0.3 is 5.97 Å². The monoisotopic (exact) mass is 328 g/mol. The number of hydrogen-bond acceptors (Lipinski definition) is 5. The Hall–Kier alpha value is -2.73. The van der Waals surface area contributed by atoms with Gasteiger partial charge in [0, 0.05) is 30.9 Å². The maximum Gasteiger partial charge on any atom is 0.337 e. The molecule has 2 aromatic carbocycles. The van der Waals surface area contributed by atoms with Crippen LogP contribution in [0.15, 0.2) is 42.5 Å². The molecule has 0 saturated carbocycles. The molecule has 6 heteroatoms. The number of nitrogens with one attached hydrogen (secondary N) is 1. The largest absolute Gasteiger partial charge is 0.508 e. The highest BCUT2D eigenvalue weighted by Gasteiger charge is 2.19. The molecular formula is C18H20N2O4. The standard InChI is InChI=1S/C18H20N2O4/c21-17-4-2-1-3-13(17)12-19-14-5-6-16(15(11-14)18(22)23)20-7-9-24-10-8-20/h1-6,11,19,21H,7-10,12H2,(H,22,23). The summed E-state index contributed by atoms with van der Waals surface area (Å²) in [7, 11) is 0. The van der Waals surface area contributed by atoms with Gasteiger partial charge in [0.15, 0.2) is 0 Å². The third-order valence-electron chi connectivity index (χ3n) is 4.05. The van der Waals surface area contributed by atoms with Crippen molar-refractivity contribution in [2.75, 3.05) is 36.5 Å². The van der Waals surface area contributed by atoms with Crippen LogP contribution in [0.2, 0.25) is 0 Å². The van der Waals surface area contributed by atoms with E-state index >= 15 is 0 Å². The van der Waals surface area contributed by atoms with Crippen molar-refractivity contribution in [1.82, 2.24) is 0 Å². The number of para-hydroxylation sites is 1. The normalized spacial score (nSPS) is 14.4. The second kappa shape index (κ2) is 7.23. The molecule has 0 spiro atoms. The molecule has 0 unspecified atom stereocenters. The molecule has 6 nitrogen and oxygen atoms in total. The highest BCUT2D eigenvalue weighted by molar-refractivity contribution is 5.95. The molecule has 1 fully saturated rings. The molecule has 0 aliphatic carbocycles. The van der Waals surface area contributed by atoms with Crippen molar-refractivity contribution in [3.63, 3.8) is 0 Å². The van der Waals surface area contributed by atoms with Crippen molar-refractivity contribution in [3.8, 4) is 5.75 Å². The summed E-state index contributed by atoms with van der Waals surface area (Å²) in [4.78, 5) is 13.6. The Bertz CT molecular complexity index is 727. The zero-order valence-corrected chi connectivity index (χ0v) is 13.2. The first-order valence-electron chi connectivity index (χ1n) is 7.86. The minimum atomic E-state index is -0.956. The molecule has 3 N–H and O–H groups in total. The summed E-state index contributed by atoms with van der Waals surface area (Å²) >= 11 is 0. The highest BCUT2D eigenvalue weighted by atomic mass is 16.5. The number of phenolic OH excluding ortho intramolecular Hbond substituents is 1. The van der Waals surface area contributed by atoms with Crippen LogP contribution in [0.25, 0.3) is 0 Å². The fraction of sp³-hybridized carbons (Fsp3) is 0.278. The number of hydrogen-bond donors (Lipinski definition) is 3. The number of morpholine rings is 1. The van der Waals surface area contributed by atoms with Gasteiger partial charge in [-0.2, -0.15) is 0 Å². The number of aromatic hydroxyl groups is 1. The second-order valence-corrected chi connectivity index (χ2v) is 5.62. The molecule has 0 amide bonds. The van der Waals surface area contributed by atoms with Gasteiger partial charge in [-0.3, -0.25) is 0 Å². The number of benzene rings is 2. The van der Waals surface area contributed by atoms with Crippen LogP contribution >= 0.6 is 0 Å². The van der Waals surface area contributed by atoms with Gasteiger partial charge in [0.1, 0.15) is 5.75 Å². The number of rotatable bonds is 5. The number of anilines is 2. The summed E-state index contributed by atoms with van der Waals surface area (Å²) in [5.74, 6) is -0.740. The van der Waals surface area contributed by atoms with Crippen molar-refractivity contribution in [2.24, 2.45) is 0 Å². The molecular weight excluding hydrogens is 308 g/mol. The molecule has 0 radical (unpaired) electrons. The Kier molecular flexibility index (Phi) is 4.86. The Morgan fingerprint density at radius 2 is 1.92 bits per heavy atom. The van der Waals surface area contributed by atoms with Crippen LogP contribution in [0.3, 0.4) is 0 Å². The van der Waals surface area contributed by atoms with Gasteiger partial charge in [0.25, 0.3) is 0 Å². The van der Waals surface area contributed by atoms with Crippen LogP contribution in [0.4, 0.5) is 11.4 Å². The zero-order chi connectivity index (χ0) is 16.9. The first kappa shape index (κ1) is 16.1. The maximum absolute atomic E-state index is 11.6. The van der Waals surface area contributed by atoms with E-state index in [1.165, 1.54) is 0 Å². The number of aromatic carboxylic acids is 1. The van der Waals surface area contributed by atoms with Crippen LogP contribution in [-0.2, 0) is 11.3 Å². The number of phenols is 1. The lowest BCUT2D eigenvalue weighted by Crippen LogP contribution is -2.37. The lowest BCUT2D eigenvalue weighted by molar-refractivity contribution is 0.0696. The highest BCUT2D eigenvalue weighted by Crippen LogP contribution is 2.26. The second-order valence-electron chi connectivity index (χ2n) is 5.62. The van der Waals surface area contributed by atoms with E-state index in [0.29, 0.717) is 44.2 Å². The fourth-order valence-corrected chi connectivity index (χ4v) is 2.75. The molecule has 0 aromatic heterocycles. The first-order chi connectivity index (χ1) is 11.6. The van der Waals surface area contributed by atoms with Crippen LogP contribution in [0.1, 0.15) is 15.9 Å². The quantitative estimate of drug-likeness (QED) is 0.782. The van der Waals surface area contributed by atoms with Gasteiger partial charge in [0.05, 0.1) is 24.5 Å². The summed E-state index contributed by atoms with van der Waals surface area (Å²) in [6.07, 6.45) is 0. The van der Waals surface area contributed by atoms with E-state index in [1.807, 2.05) is 29.2 Å². The van der Waals surface area contributed by atoms with Gasteiger partial charge in [-0.25, -0.2) is 4.79 Å². The van der Waals surface area contributed by atoms with E-state index in [0.717, 1.165) is 5.56 Å². The average Bonchev–Trinajstić information content (AvgIpc) is 2.61. The molecule has 0 bridgehead atoms. The number of carboxylic acid groups (broad SMARTS) is 1. The Labute approximate surface area is 140 Å². The Morgan fingerprint density at radius 3 is 2.62 bits per heavy atom. The predicted octanol–water partition coefficient (Wildman–Crippen LogP) is 2.54. The van der Waals surface area contributed by atoms with Gasteiger partial charge in [-0.1, -0.05) is 18.2 Å². The topological polar surface area (TPSA) is 82.0 Å². The van der Waals surface area contributed by atoms with Crippen molar-refractivity contribution >= 4 is 17.3 Å². The van der Waals surface area contributed by atoms with E-state index in [1.54, 1.807) is 18.2 Å². The zero-order valence-electron chi connectivity index (χ0n) is 13.2. The van der Waals surface area contributed by atoms with E-state index in [-0.39, 0.29) is 11.3 Å². The molecule has 3 rings (SSSR count). The van der Waals surface area contributed by atoms with E-state index in [2.05, 4.69) is 5.32 Å². The fourth-order valence-electron chi connectivity index (χ4n) is 2.75. The summed E-state index contributed by atoms with van der Waals surface area (Å²) in [6, 6.07) is 12.4. The van der Waals surface area contributed by atoms with Crippen LogP contribution in [-0.4, -0.2) is 42.5 Å². The Balaban J connectivity index is 1.78. The van der Waals surface area contributed by atoms with Gasteiger partial charge in [-0.15, -0.1) is 0 Å². The molecule has 24 heavy (non-hydrogen) atoms. The van der Waals surface area contributed by atoms with Crippen molar-refractivity contribution in [3.05, 3.63) is 53.6 Å². The summed E-state index contributed by atoms with van der Waals surface area (Å²) < 4.78 is 5.32. The lowest BCUT2D eigenvalue weighted by atomic mass is 10.1. The number of carboxylic acids is 1. The van der Waals surface area contributed by atoms with Crippen molar-refractivity contribution in [1.29, 1.82) is 0 Å². The number of ether oxygens (including phenoxy) is 1. The van der Waals surface area contributed by atoms with E-state index in [9.17, 15) is 15.0 Å². The van der Waals surface area contributed by atoms with Gasteiger partial charge < -0.3 is 25.2 Å². The van der Waals surface area contributed by atoms with Crippen molar-refractivity contribution < 1.29 is 19.7 Å².